The summed E-state index contributed by atoms with van der Waals surface area (Å²) in [6.45, 7) is 7.03. The molecule has 8 heteroatoms. The lowest BCUT2D eigenvalue weighted by molar-refractivity contribution is -0.120. The van der Waals surface area contributed by atoms with Crippen molar-refractivity contribution in [3.05, 3.63) is 58.5 Å². The summed E-state index contributed by atoms with van der Waals surface area (Å²) in [5.74, 6) is 0.451. The van der Waals surface area contributed by atoms with E-state index in [2.05, 4.69) is 23.2 Å². The number of anilines is 1. The van der Waals surface area contributed by atoms with Crippen molar-refractivity contribution in [2.45, 2.75) is 38.5 Å². The second-order valence-corrected chi connectivity index (χ2v) is 9.40. The van der Waals surface area contributed by atoms with Crippen LogP contribution in [0.25, 0.3) is 0 Å². The third-order valence-electron chi connectivity index (χ3n) is 7.02. The van der Waals surface area contributed by atoms with Gasteiger partial charge in [0, 0.05) is 38.9 Å². The van der Waals surface area contributed by atoms with E-state index < -0.39 is 5.82 Å². The second-order valence-electron chi connectivity index (χ2n) is 9.40. The van der Waals surface area contributed by atoms with Gasteiger partial charge in [0.25, 0.3) is 5.91 Å². The molecule has 6 nitrogen and oxygen atoms in total. The van der Waals surface area contributed by atoms with Crippen LogP contribution in [0.3, 0.4) is 0 Å². The van der Waals surface area contributed by atoms with Crippen molar-refractivity contribution < 1.29 is 14.0 Å². The number of aryl methyl sites for hydroxylation is 1. The number of amides is 2. The molecule has 1 aromatic heterocycles. The van der Waals surface area contributed by atoms with Crippen molar-refractivity contribution >= 4 is 30.0 Å². The fraction of sp³-hybridized carbons (Fsp3) is 0.480. The highest BCUT2D eigenvalue weighted by Gasteiger charge is 2.34. The predicted octanol–water partition coefficient (Wildman–Crippen LogP) is 3.64. The average Bonchev–Trinajstić information content (AvgIpc) is 3.58. The molecule has 1 aromatic carbocycles. The number of benzene rings is 1. The monoisotopic (exact) mass is 472 g/mol. The molecule has 176 valence electrons. The van der Waals surface area contributed by atoms with Crippen molar-refractivity contribution in [1.82, 2.24) is 15.2 Å². The number of hydrogen-bond acceptors (Lipinski definition) is 4. The summed E-state index contributed by atoms with van der Waals surface area (Å²) in [7, 11) is 0. The van der Waals surface area contributed by atoms with Gasteiger partial charge in [-0.25, -0.2) is 9.37 Å². The molecule has 3 heterocycles. The topological polar surface area (TPSA) is 65.5 Å². The van der Waals surface area contributed by atoms with Gasteiger partial charge in [0.2, 0.25) is 5.91 Å². The highest BCUT2D eigenvalue weighted by atomic mass is 35.5. The van der Waals surface area contributed by atoms with Crippen molar-refractivity contribution in [3.8, 4) is 0 Å². The SMILES string of the molecule is Cc1cc(C2CC2)cnc1N1CCN(C(=O)c2ccc([C@@H]3C(=O)NCC3C)cc2F)CC1.Cl. The Morgan fingerprint density at radius 2 is 1.85 bits per heavy atom. The van der Waals surface area contributed by atoms with E-state index in [0.29, 0.717) is 44.2 Å². The Hall–Kier alpha value is -2.67. The van der Waals surface area contributed by atoms with Crippen LogP contribution in [0.2, 0.25) is 0 Å². The van der Waals surface area contributed by atoms with E-state index in [9.17, 15) is 14.0 Å². The maximum atomic E-state index is 14.9. The summed E-state index contributed by atoms with van der Waals surface area (Å²) >= 11 is 0. The Balaban J connectivity index is 0.00000259. The smallest absolute Gasteiger partial charge is 0.256 e. The number of nitrogens with zero attached hydrogens (tertiary/aromatic N) is 3. The summed E-state index contributed by atoms with van der Waals surface area (Å²) < 4.78 is 14.9. The predicted molar refractivity (Wildman–Crippen MR) is 128 cm³/mol. The first-order chi connectivity index (χ1) is 15.4. The Morgan fingerprint density at radius 1 is 1.12 bits per heavy atom. The lowest BCUT2D eigenvalue weighted by Gasteiger charge is -2.36. The van der Waals surface area contributed by atoms with Crippen molar-refractivity contribution in [2.24, 2.45) is 5.92 Å². The molecule has 0 radical (unpaired) electrons. The van der Waals surface area contributed by atoms with Gasteiger partial charge in [-0.05, 0) is 60.4 Å². The molecule has 2 aliphatic heterocycles. The Bertz CT molecular complexity index is 1070. The number of halogens is 2. The summed E-state index contributed by atoms with van der Waals surface area (Å²) in [5.41, 5.74) is 3.18. The maximum Gasteiger partial charge on any atom is 0.256 e. The maximum absolute atomic E-state index is 14.9. The van der Waals surface area contributed by atoms with Crippen LogP contribution in [-0.2, 0) is 4.79 Å². The van der Waals surface area contributed by atoms with E-state index in [1.165, 1.54) is 36.1 Å². The lowest BCUT2D eigenvalue weighted by atomic mass is 9.89. The van der Waals surface area contributed by atoms with E-state index in [1.807, 2.05) is 13.1 Å². The standard InChI is InChI=1S/C25H29FN4O2.ClH/c1-15-11-19(17-3-4-17)14-27-23(15)29-7-9-30(10-8-29)25(32)20-6-5-18(12-21(20)26)22-16(2)13-28-24(22)31;/h5-6,11-12,14,16-17,22H,3-4,7-10,13H2,1-2H3,(H,28,31);1H/t16?,22-;/m1./s1. The second kappa shape index (κ2) is 9.29. The summed E-state index contributed by atoms with van der Waals surface area (Å²) in [5, 5.41) is 2.81. The molecule has 3 aliphatic rings. The molecule has 1 unspecified atom stereocenters. The number of aromatic nitrogens is 1. The Kier molecular flexibility index (Phi) is 6.61. The molecule has 3 fully saturated rings. The van der Waals surface area contributed by atoms with Crippen LogP contribution in [0, 0.1) is 18.7 Å². The Morgan fingerprint density at radius 3 is 2.42 bits per heavy atom. The minimum Gasteiger partial charge on any atom is -0.355 e. The van der Waals surface area contributed by atoms with Gasteiger partial charge in [-0.2, -0.15) is 0 Å². The summed E-state index contributed by atoms with van der Waals surface area (Å²) in [4.78, 5) is 33.7. The molecule has 33 heavy (non-hydrogen) atoms. The number of nitrogens with one attached hydrogen (secondary N) is 1. The molecule has 2 saturated heterocycles. The van der Waals surface area contributed by atoms with E-state index in [0.717, 1.165) is 5.82 Å². The average molecular weight is 473 g/mol. The normalized spacial score (nSPS) is 22.7. The number of piperazine rings is 1. The molecule has 1 N–H and O–H groups in total. The van der Waals surface area contributed by atoms with Crippen molar-refractivity contribution in [1.29, 1.82) is 0 Å². The van der Waals surface area contributed by atoms with E-state index in [1.54, 1.807) is 11.0 Å². The molecular weight excluding hydrogens is 443 g/mol. The van der Waals surface area contributed by atoms with Crippen molar-refractivity contribution in [3.63, 3.8) is 0 Å². The van der Waals surface area contributed by atoms with Crippen LogP contribution in [0.4, 0.5) is 10.2 Å². The summed E-state index contributed by atoms with van der Waals surface area (Å²) in [6.07, 6.45) is 4.50. The molecule has 2 atom stereocenters. The molecule has 1 saturated carbocycles. The molecule has 1 aliphatic carbocycles. The highest BCUT2D eigenvalue weighted by molar-refractivity contribution is 5.95. The van der Waals surface area contributed by atoms with Gasteiger partial charge < -0.3 is 15.1 Å². The first-order valence-corrected chi connectivity index (χ1v) is 11.5. The first-order valence-electron chi connectivity index (χ1n) is 11.5. The van der Waals surface area contributed by atoms with Gasteiger partial charge in [0.15, 0.2) is 0 Å². The minimum absolute atomic E-state index is 0. The van der Waals surface area contributed by atoms with Gasteiger partial charge in [-0.1, -0.05) is 19.1 Å². The van der Waals surface area contributed by atoms with Crippen LogP contribution in [0.5, 0.6) is 0 Å². The number of rotatable bonds is 4. The lowest BCUT2D eigenvalue weighted by Crippen LogP contribution is -2.49. The number of carbonyl (C=O) groups excluding carboxylic acids is 2. The largest absolute Gasteiger partial charge is 0.355 e. The van der Waals surface area contributed by atoms with Crippen LogP contribution in [0.1, 0.15) is 58.6 Å². The van der Waals surface area contributed by atoms with Crippen LogP contribution < -0.4 is 10.2 Å². The van der Waals surface area contributed by atoms with E-state index in [-0.39, 0.29) is 41.6 Å². The molecular formula is C25H30ClFN4O2. The minimum atomic E-state index is -0.560. The van der Waals surface area contributed by atoms with Crippen LogP contribution >= 0.6 is 12.4 Å². The molecule has 2 amide bonds. The summed E-state index contributed by atoms with van der Waals surface area (Å²) in [6, 6.07) is 6.83. The van der Waals surface area contributed by atoms with Gasteiger partial charge in [-0.15, -0.1) is 12.4 Å². The zero-order valence-corrected chi connectivity index (χ0v) is 19.8. The van der Waals surface area contributed by atoms with Gasteiger partial charge in [-0.3, -0.25) is 9.59 Å². The molecule has 0 spiro atoms. The highest BCUT2D eigenvalue weighted by Crippen LogP contribution is 2.40. The van der Waals surface area contributed by atoms with E-state index in [4.69, 9.17) is 4.98 Å². The number of hydrogen-bond donors (Lipinski definition) is 1. The first kappa shape index (κ1) is 23.5. The Labute approximate surface area is 200 Å². The van der Waals surface area contributed by atoms with Crippen LogP contribution in [0.15, 0.2) is 30.5 Å². The number of carbonyl (C=O) groups is 2. The quantitative estimate of drug-likeness (QED) is 0.737. The van der Waals surface area contributed by atoms with E-state index >= 15 is 0 Å². The third kappa shape index (κ3) is 4.56. The van der Waals surface area contributed by atoms with Gasteiger partial charge in [0.1, 0.15) is 11.6 Å². The van der Waals surface area contributed by atoms with Gasteiger partial charge >= 0.3 is 0 Å². The fourth-order valence-electron chi connectivity index (χ4n) is 4.98. The molecule has 0 bridgehead atoms. The molecule has 5 rings (SSSR count). The van der Waals surface area contributed by atoms with Crippen LogP contribution in [-0.4, -0.2) is 54.4 Å². The van der Waals surface area contributed by atoms with Crippen molar-refractivity contribution in [2.75, 3.05) is 37.6 Å². The molecule has 2 aromatic rings. The van der Waals surface area contributed by atoms with Gasteiger partial charge in [0.05, 0.1) is 11.5 Å². The number of pyridine rings is 1. The fourth-order valence-corrected chi connectivity index (χ4v) is 4.98. The third-order valence-corrected chi connectivity index (χ3v) is 7.02. The zero-order valence-electron chi connectivity index (χ0n) is 19.0. The zero-order chi connectivity index (χ0) is 22.4.